The van der Waals surface area contributed by atoms with Crippen LogP contribution in [0.4, 0.5) is 0 Å². The minimum absolute atomic E-state index is 0.0577. The molecule has 0 bridgehead atoms. The van der Waals surface area contributed by atoms with Gasteiger partial charge in [-0.3, -0.25) is 4.79 Å². The van der Waals surface area contributed by atoms with Gasteiger partial charge in [-0.1, -0.05) is 61.2 Å². The van der Waals surface area contributed by atoms with Crippen molar-refractivity contribution in [1.29, 1.82) is 0 Å². The van der Waals surface area contributed by atoms with E-state index < -0.39 is 0 Å². The van der Waals surface area contributed by atoms with Crippen molar-refractivity contribution in [3.8, 4) is 11.1 Å². The van der Waals surface area contributed by atoms with Gasteiger partial charge in [-0.15, -0.1) is 0 Å². The quantitative estimate of drug-likeness (QED) is 0.871. The van der Waals surface area contributed by atoms with E-state index in [2.05, 4.69) is 36.5 Å². The molecule has 1 fully saturated rings. The van der Waals surface area contributed by atoms with Crippen LogP contribution in [-0.2, 0) is 0 Å². The van der Waals surface area contributed by atoms with Crippen molar-refractivity contribution in [3.05, 3.63) is 59.7 Å². The molecule has 22 heavy (non-hydrogen) atoms. The molecule has 2 aromatic carbocycles. The highest BCUT2D eigenvalue weighted by Crippen LogP contribution is 2.21. The van der Waals surface area contributed by atoms with Crippen molar-refractivity contribution >= 4 is 5.91 Å². The van der Waals surface area contributed by atoms with Crippen LogP contribution < -0.4 is 5.32 Å². The monoisotopic (exact) mass is 293 g/mol. The first-order valence-corrected chi connectivity index (χ1v) is 8.20. The number of hydrogen-bond acceptors (Lipinski definition) is 1. The molecular formula is C20H23NO. The molecule has 0 atom stereocenters. The molecule has 0 unspecified atom stereocenters. The Morgan fingerprint density at radius 1 is 0.864 bits per heavy atom. The third-order valence-electron chi connectivity index (χ3n) is 4.47. The van der Waals surface area contributed by atoms with Gasteiger partial charge in [0.05, 0.1) is 0 Å². The van der Waals surface area contributed by atoms with Crippen LogP contribution in [0.2, 0.25) is 0 Å². The molecule has 3 rings (SSSR count). The van der Waals surface area contributed by atoms with Gasteiger partial charge in [-0.05, 0) is 43.0 Å². The van der Waals surface area contributed by atoms with Crippen molar-refractivity contribution in [1.82, 2.24) is 5.32 Å². The van der Waals surface area contributed by atoms with Gasteiger partial charge in [0, 0.05) is 11.6 Å². The van der Waals surface area contributed by atoms with Crippen molar-refractivity contribution in [3.63, 3.8) is 0 Å². The van der Waals surface area contributed by atoms with Gasteiger partial charge in [-0.25, -0.2) is 0 Å². The second-order valence-corrected chi connectivity index (χ2v) is 6.25. The highest BCUT2D eigenvalue weighted by Gasteiger charge is 2.16. The molecule has 114 valence electrons. The van der Waals surface area contributed by atoms with Gasteiger partial charge in [0.25, 0.3) is 5.91 Å². The van der Waals surface area contributed by atoms with E-state index in [0.29, 0.717) is 6.04 Å². The summed E-state index contributed by atoms with van der Waals surface area (Å²) in [6.45, 7) is 2.09. The molecule has 1 aliphatic rings. The zero-order valence-electron chi connectivity index (χ0n) is 13.1. The van der Waals surface area contributed by atoms with Crippen molar-refractivity contribution in [2.75, 3.05) is 0 Å². The average Bonchev–Trinajstić information content (AvgIpc) is 2.57. The second-order valence-electron chi connectivity index (χ2n) is 6.25. The minimum atomic E-state index is 0.0577. The topological polar surface area (TPSA) is 29.1 Å². The SMILES string of the molecule is Cc1ccc(-c2ccc(C(=O)NC3CCCCC3)cc2)cc1. The van der Waals surface area contributed by atoms with E-state index in [0.717, 1.165) is 24.0 Å². The summed E-state index contributed by atoms with van der Waals surface area (Å²) in [6.07, 6.45) is 6.01. The molecule has 0 heterocycles. The van der Waals surface area contributed by atoms with Crippen LogP contribution in [0, 0.1) is 6.92 Å². The molecule has 2 aromatic rings. The van der Waals surface area contributed by atoms with Crippen LogP contribution in [0.25, 0.3) is 11.1 Å². The smallest absolute Gasteiger partial charge is 0.251 e. The number of aryl methyl sites for hydroxylation is 1. The average molecular weight is 293 g/mol. The molecule has 0 aliphatic heterocycles. The fourth-order valence-electron chi connectivity index (χ4n) is 3.08. The van der Waals surface area contributed by atoms with Crippen molar-refractivity contribution in [2.24, 2.45) is 0 Å². The lowest BCUT2D eigenvalue weighted by Gasteiger charge is -2.22. The van der Waals surface area contributed by atoms with E-state index in [4.69, 9.17) is 0 Å². The maximum absolute atomic E-state index is 12.3. The third-order valence-corrected chi connectivity index (χ3v) is 4.47. The number of hydrogen-bond donors (Lipinski definition) is 1. The first kappa shape index (κ1) is 14.8. The van der Waals surface area contributed by atoms with E-state index in [1.807, 2.05) is 24.3 Å². The fourth-order valence-corrected chi connectivity index (χ4v) is 3.08. The van der Waals surface area contributed by atoms with E-state index >= 15 is 0 Å². The number of rotatable bonds is 3. The highest BCUT2D eigenvalue weighted by molar-refractivity contribution is 5.94. The molecule has 1 aliphatic carbocycles. The lowest BCUT2D eigenvalue weighted by atomic mass is 9.95. The normalized spacial score (nSPS) is 15.5. The Morgan fingerprint density at radius 2 is 1.41 bits per heavy atom. The van der Waals surface area contributed by atoms with Gasteiger partial charge in [-0.2, -0.15) is 0 Å². The Balaban J connectivity index is 1.68. The van der Waals surface area contributed by atoms with Crippen molar-refractivity contribution in [2.45, 2.75) is 45.1 Å². The summed E-state index contributed by atoms with van der Waals surface area (Å²) < 4.78 is 0. The van der Waals surface area contributed by atoms with Crippen molar-refractivity contribution < 1.29 is 4.79 Å². The minimum Gasteiger partial charge on any atom is -0.349 e. The number of carbonyl (C=O) groups excluding carboxylic acids is 1. The van der Waals surface area contributed by atoms with Crippen LogP contribution in [-0.4, -0.2) is 11.9 Å². The van der Waals surface area contributed by atoms with E-state index in [9.17, 15) is 4.79 Å². The summed E-state index contributed by atoms with van der Waals surface area (Å²) in [4.78, 5) is 12.3. The van der Waals surface area contributed by atoms with Gasteiger partial charge in [0.1, 0.15) is 0 Å². The van der Waals surface area contributed by atoms with E-state index in [-0.39, 0.29) is 5.91 Å². The standard InChI is InChI=1S/C20H23NO/c1-15-7-9-16(10-8-15)17-11-13-18(14-12-17)20(22)21-19-5-3-2-4-6-19/h7-14,19H,2-6H2,1H3,(H,21,22). The largest absolute Gasteiger partial charge is 0.349 e. The van der Waals surface area contributed by atoms with Gasteiger partial charge in [0.15, 0.2) is 0 Å². The number of benzene rings is 2. The Bertz CT molecular complexity index is 622. The molecule has 0 saturated heterocycles. The number of nitrogens with one attached hydrogen (secondary N) is 1. The summed E-state index contributed by atoms with van der Waals surface area (Å²) >= 11 is 0. The fraction of sp³-hybridized carbons (Fsp3) is 0.350. The zero-order valence-corrected chi connectivity index (χ0v) is 13.1. The summed E-state index contributed by atoms with van der Waals surface area (Å²) in [6, 6.07) is 16.7. The maximum Gasteiger partial charge on any atom is 0.251 e. The Morgan fingerprint density at radius 3 is 2.00 bits per heavy atom. The first-order valence-electron chi connectivity index (χ1n) is 8.20. The molecule has 0 aromatic heterocycles. The van der Waals surface area contributed by atoms with Crippen LogP contribution in [0.3, 0.4) is 0 Å². The number of carbonyl (C=O) groups is 1. The summed E-state index contributed by atoms with van der Waals surface area (Å²) in [5.74, 6) is 0.0577. The van der Waals surface area contributed by atoms with Gasteiger partial charge >= 0.3 is 0 Å². The van der Waals surface area contributed by atoms with Crippen LogP contribution in [0.15, 0.2) is 48.5 Å². The molecule has 1 saturated carbocycles. The van der Waals surface area contributed by atoms with Gasteiger partial charge in [0.2, 0.25) is 0 Å². The molecule has 2 heteroatoms. The zero-order chi connectivity index (χ0) is 15.4. The molecule has 0 spiro atoms. The van der Waals surface area contributed by atoms with Crippen LogP contribution in [0.1, 0.15) is 48.0 Å². The number of amides is 1. The molecule has 1 amide bonds. The molecular weight excluding hydrogens is 270 g/mol. The van der Waals surface area contributed by atoms with Crippen LogP contribution in [0.5, 0.6) is 0 Å². The van der Waals surface area contributed by atoms with E-state index in [1.165, 1.54) is 30.4 Å². The van der Waals surface area contributed by atoms with Crippen LogP contribution >= 0.6 is 0 Å². The lowest BCUT2D eigenvalue weighted by Crippen LogP contribution is -2.36. The summed E-state index contributed by atoms with van der Waals surface area (Å²) in [7, 11) is 0. The third kappa shape index (κ3) is 3.56. The van der Waals surface area contributed by atoms with Gasteiger partial charge < -0.3 is 5.32 Å². The predicted molar refractivity (Wildman–Crippen MR) is 91.0 cm³/mol. The summed E-state index contributed by atoms with van der Waals surface area (Å²) in [5, 5.41) is 3.16. The summed E-state index contributed by atoms with van der Waals surface area (Å²) in [5.41, 5.74) is 4.34. The lowest BCUT2D eigenvalue weighted by molar-refractivity contribution is 0.0928. The Hall–Kier alpha value is -2.09. The Kier molecular flexibility index (Phi) is 4.57. The highest BCUT2D eigenvalue weighted by atomic mass is 16.1. The first-order chi connectivity index (χ1) is 10.7. The molecule has 0 radical (unpaired) electrons. The predicted octanol–water partition coefficient (Wildman–Crippen LogP) is 4.72. The maximum atomic E-state index is 12.3. The Labute approximate surface area is 132 Å². The van der Waals surface area contributed by atoms with E-state index in [1.54, 1.807) is 0 Å². The molecule has 2 nitrogen and oxygen atoms in total. The second kappa shape index (κ2) is 6.78. The molecule has 1 N–H and O–H groups in total.